The lowest BCUT2D eigenvalue weighted by molar-refractivity contribution is 0.0487. The molecule has 2 heteroatoms. The molecule has 2 nitrogen and oxygen atoms in total. The lowest BCUT2D eigenvalue weighted by Gasteiger charge is -1.96. The van der Waals surface area contributed by atoms with Crippen LogP contribution in [0.25, 0.3) is 0 Å². The zero-order valence-corrected chi connectivity index (χ0v) is 7.26. The quantitative estimate of drug-likeness (QED) is 0.294. The van der Waals surface area contributed by atoms with E-state index in [0.29, 0.717) is 5.76 Å². The Bertz CT molecular complexity index is 132. The Morgan fingerprint density at radius 2 is 1.82 bits per heavy atom. The lowest BCUT2D eigenvalue weighted by atomic mass is 10.4. The first-order chi connectivity index (χ1) is 5.04. The Hall–Kier alpha value is -1.02. The number of aliphatic hydroxyl groups is 1. The standard InChI is InChI=1S/C5H8O2.C4H8/c1-3-5(2)7-4-6;1-4(2)3/h3,6H,1-2,4H2;1H2,2-3H3. The highest BCUT2D eigenvalue weighted by atomic mass is 16.6. The second-order valence-electron chi connectivity index (χ2n) is 2.15. The van der Waals surface area contributed by atoms with Gasteiger partial charge in [-0.15, -0.1) is 6.58 Å². The minimum Gasteiger partial charge on any atom is -0.468 e. The highest BCUT2D eigenvalue weighted by molar-refractivity contribution is 5.01. The second-order valence-corrected chi connectivity index (χ2v) is 2.15. The van der Waals surface area contributed by atoms with Gasteiger partial charge in [0.2, 0.25) is 0 Å². The van der Waals surface area contributed by atoms with E-state index in [2.05, 4.69) is 24.5 Å². The van der Waals surface area contributed by atoms with Gasteiger partial charge in [0, 0.05) is 0 Å². The molecule has 64 valence electrons. The van der Waals surface area contributed by atoms with Crippen molar-refractivity contribution in [3.05, 3.63) is 37.1 Å². The lowest BCUT2D eigenvalue weighted by Crippen LogP contribution is -1.87. The number of rotatable bonds is 3. The minimum absolute atomic E-state index is 0.329. The second kappa shape index (κ2) is 8.98. The van der Waals surface area contributed by atoms with Crippen molar-refractivity contribution in [2.45, 2.75) is 13.8 Å². The summed E-state index contributed by atoms with van der Waals surface area (Å²) in [6.45, 7) is 13.9. The Morgan fingerprint density at radius 3 is 1.91 bits per heavy atom. The van der Waals surface area contributed by atoms with Crippen LogP contribution >= 0.6 is 0 Å². The van der Waals surface area contributed by atoms with Gasteiger partial charge in [0.05, 0.1) is 0 Å². The van der Waals surface area contributed by atoms with Crippen molar-refractivity contribution < 1.29 is 9.84 Å². The first-order valence-corrected chi connectivity index (χ1v) is 3.21. The minimum atomic E-state index is -0.329. The summed E-state index contributed by atoms with van der Waals surface area (Å²) in [5.74, 6) is 0.391. The van der Waals surface area contributed by atoms with Crippen LogP contribution in [0.1, 0.15) is 13.8 Å². The summed E-state index contributed by atoms with van der Waals surface area (Å²) >= 11 is 0. The third-order valence-corrected chi connectivity index (χ3v) is 0.478. The van der Waals surface area contributed by atoms with Gasteiger partial charge >= 0.3 is 0 Å². The van der Waals surface area contributed by atoms with E-state index in [9.17, 15) is 0 Å². The molecule has 0 aliphatic rings. The van der Waals surface area contributed by atoms with Gasteiger partial charge < -0.3 is 9.84 Å². The molecule has 0 rings (SSSR count). The number of hydrogen-bond donors (Lipinski definition) is 1. The maximum Gasteiger partial charge on any atom is 0.186 e. The highest BCUT2D eigenvalue weighted by Crippen LogP contribution is 1.89. The zero-order valence-electron chi connectivity index (χ0n) is 7.26. The molecule has 0 saturated heterocycles. The molecule has 11 heavy (non-hydrogen) atoms. The first-order valence-electron chi connectivity index (χ1n) is 3.21. The molecule has 0 aliphatic carbocycles. The molecule has 0 aromatic rings. The molecular weight excluding hydrogens is 140 g/mol. The molecule has 0 bridgehead atoms. The van der Waals surface area contributed by atoms with Crippen LogP contribution in [0.3, 0.4) is 0 Å². The van der Waals surface area contributed by atoms with Crippen LogP contribution < -0.4 is 0 Å². The van der Waals surface area contributed by atoms with Crippen molar-refractivity contribution in [3.8, 4) is 0 Å². The van der Waals surface area contributed by atoms with E-state index in [4.69, 9.17) is 5.11 Å². The number of allylic oxidation sites excluding steroid dienone is 2. The van der Waals surface area contributed by atoms with Crippen LogP contribution in [-0.2, 0) is 4.74 Å². The molecule has 0 amide bonds. The van der Waals surface area contributed by atoms with Gasteiger partial charge in [-0.3, -0.25) is 0 Å². The normalized spacial score (nSPS) is 7.18. The predicted octanol–water partition coefficient (Wildman–Crippen LogP) is 2.23. The van der Waals surface area contributed by atoms with Crippen molar-refractivity contribution in [2.24, 2.45) is 0 Å². The monoisotopic (exact) mass is 156 g/mol. The molecule has 0 radical (unpaired) electrons. The van der Waals surface area contributed by atoms with E-state index in [1.165, 1.54) is 11.6 Å². The number of aliphatic hydroxyl groups excluding tert-OH is 1. The Morgan fingerprint density at radius 1 is 1.45 bits per heavy atom. The third kappa shape index (κ3) is 27.6. The molecule has 0 fully saturated rings. The van der Waals surface area contributed by atoms with Crippen molar-refractivity contribution >= 4 is 0 Å². The molecule has 0 aliphatic heterocycles. The van der Waals surface area contributed by atoms with Gasteiger partial charge in [-0.2, -0.15) is 0 Å². The van der Waals surface area contributed by atoms with Gasteiger partial charge in [-0.05, 0) is 19.9 Å². The molecular formula is C9H16O2. The van der Waals surface area contributed by atoms with Gasteiger partial charge in [0.15, 0.2) is 6.79 Å². The fraction of sp³-hybridized carbons (Fsp3) is 0.333. The average molecular weight is 156 g/mol. The third-order valence-electron chi connectivity index (χ3n) is 0.478. The van der Waals surface area contributed by atoms with Crippen molar-refractivity contribution in [1.29, 1.82) is 0 Å². The smallest absolute Gasteiger partial charge is 0.186 e. The summed E-state index contributed by atoms with van der Waals surface area (Å²) in [7, 11) is 0. The Balaban J connectivity index is 0. The van der Waals surface area contributed by atoms with E-state index < -0.39 is 0 Å². The topological polar surface area (TPSA) is 29.5 Å². The fourth-order valence-corrected chi connectivity index (χ4v) is 0.142. The first kappa shape index (κ1) is 12.6. The maximum atomic E-state index is 8.04. The zero-order chi connectivity index (χ0) is 9.28. The number of ether oxygens (including phenoxy) is 1. The van der Waals surface area contributed by atoms with Gasteiger partial charge in [-0.25, -0.2) is 0 Å². The maximum absolute atomic E-state index is 8.04. The van der Waals surface area contributed by atoms with Gasteiger partial charge in [0.25, 0.3) is 0 Å². The largest absolute Gasteiger partial charge is 0.468 e. The van der Waals surface area contributed by atoms with Crippen LogP contribution in [0, 0.1) is 0 Å². The van der Waals surface area contributed by atoms with Gasteiger partial charge in [-0.1, -0.05) is 18.7 Å². The van der Waals surface area contributed by atoms with E-state index >= 15 is 0 Å². The fourth-order valence-electron chi connectivity index (χ4n) is 0.142. The summed E-state index contributed by atoms with van der Waals surface area (Å²) in [5.41, 5.74) is 1.17. The van der Waals surface area contributed by atoms with Crippen molar-refractivity contribution in [3.63, 3.8) is 0 Å². The molecule has 1 N–H and O–H groups in total. The molecule has 0 saturated carbocycles. The molecule has 0 atom stereocenters. The SMILES string of the molecule is C=C(C)C.C=CC(=C)OCO. The Labute approximate surface area is 68.5 Å². The molecule has 0 aromatic carbocycles. The highest BCUT2D eigenvalue weighted by Gasteiger charge is 1.78. The summed E-state index contributed by atoms with van der Waals surface area (Å²) in [4.78, 5) is 0. The van der Waals surface area contributed by atoms with Crippen LogP contribution in [0.5, 0.6) is 0 Å². The van der Waals surface area contributed by atoms with Crippen molar-refractivity contribution in [1.82, 2.24) is 0 Å². The number of hydrogen-bond acceptors (Lipinski definition) is 2. The predicted molar refractivity (Wildman–Crippen MR) is 48.0 cm³/mol. The summed E-state index contributed by atoms with van der Waals surface area (Å²) in [5, 5.41) is 8.04. The summed E-state index contributed by atoms with van der Waals surface area (Å²) in [6, 6.07) is 0. The average Bonchev–Trinajstić information content (AvgIpc) is 1.87. The van der Waals surface area contributed by atoms with Crippen molar-refractivity contribution in [2.75, 3.05) is 6.79 Å². The molecule has 0 unspecified atom stereocenters. The van der Waals surface area contributed by atoms with Crippen LogP contribution in [0.4, 0.5) is 0 Å². The van der Waals surface area contributed by atoms with Crippen LogP contribution in [-0.4, -0.2) is 11.9 Å². The van der Waals surface area contributed by atoms with Crippen LogP contribution in [0.2, 0.25) is 0 Å². The molecule has 0 spiro atoms. The van der Waals surface area contributed by atoms with E-state index in [0.717, 1.165) is 0 Å². The Kier molecular flexibility index (Phi) is 10.3. The van der Waals surface area contributed by atoms with E-state index in [-0.39, 0.29) is 6.79 Å². The molecule has 0 aromatic heterocycles. The van der Waals surface area contributed by atoms with Gasteiger partial charge in [0.1, 0.15) is 5.76 Å². The molecule has 0 heterocycles. The van der Waals surface area contributed by atoms with E-state index in [1.807, 2.05) is 13.8 Å². The summed E-state index contributed by atoms with van der Waals surface area (Å²) in [6.07, 6.45) is 1.43. The van der Waals surface area contributed by atoms with Crippen LogP contribution in [0.15, 0.2) is 37.1 Å². The summed E-state index contributed by atoms with van der Waals surface area (Å²) < 4.78 is 4.43. The van der Waals surface area contributed by atoms with E-state index in [1.54, 1.807) is 0 Å².